The summed E-state index contributed by atoms with van der Waals surface area (Å²) in [5, 5.41) is 8.82. The fourth-order valence-corrected chi connectivity index (χ4v) is 1.87. The Morgan fingerprint density at radius 2 is 2.21 bits per heavy atom. The smallest absolute Gasteiger partial charge is 0.315 e. The van der Waals surface area contributed by atoms with E-state index in [9.17, 15) is 9.59 Å². The number of hydrogen-bond acceptors (Lipinski definition) is 3. The number of H-pyrrole nitrogens is 1. The lowest BCUT2D eigenvalue weighted by molar-refractivity contribution is -0.149. The van der Waals surface area contributed by atoms with Crippen LogP contribution in [0.2, 0.25) is 0 Å². The third-order valence-electron chi connectivity index (χ3n) is 3.02. The van der Waals surface area contributed by atoms with Gasteiger partial charge in [0.15, 0.2) is 0 Å². The van der Waals surface area contributed by atoms with E-state index in [4.69, 9.17) is 5.11 Å². The summed E-state index contributed by atoms with van der Waals surface area (Å²) >= 11 is 0. The number of rotatable bonds is 4. The molecule has 6 nitrogen and oxygen atoms in total. The number of amides is 1. The van der Waals surface area contributed by atoms with Gasteiger partial charge in [-0.3, -0.25) is 9.59 Å². The van der Waals surface area contributed by atoms with Crippen LogP contribution in [0.1, 0.15) is 12.5 Å². The second kappa shape index (κ2) is 5.09. The highest BCUT2D eigenvalue weighted by Gasteiger charge is 2.23. The highest BCUT2D eigenvalue weighted by molar-refractivity contribution is 5.96. The van der Waals surface area contributed by atoms with Crippen molar-refractivity contribution in [3.05, 3.63) is 30.1 Å². The lowest BCUT2D eigenvalue weighted by atomic mass is 10.1. The number of carbonyl (C=O) groups is 2. The SMILES string of the molecule is CC(C(=O)O)C(=O)N(C)Cc1ccc2nc[nH]c2c1. The van der Waals surface area contributed by atoms with E-state index < -0.39 is 17.8 Å². The number of imidazole rings is 1. The van der Waals surface area contributed by atoms with Crippen LogP contribution < -0.4 is 0 Å². The first-order chi connectivity index (χ1) is 8.99. The van der Waals surface area contributed by atoms with Crippen LogP contribution in [-0.2, 0) is 16.1 Å². The molecule has 2 rings (SSSR count). The van der Waals surface area contributed by atoms with Crippen molar-refractivity contribution >= 4 is 22.9 Å². The topological polar surface area (TPSA) is 86.3 Å². The van der Waals surface area contributed by atoms with Gasteiger partial charge in [-0.25, -0.2) is 4.98 Å². The largest absolute Gasteiger partial charge is 0.481 e. The van der Waals surface area contributed by atoms with E-state index in [1.807, 2.05) is 18.2 Å². The van der Waals surface area contributed by atoms with E-state index >= 15 is 0 Å². The Labute approximate surface area is 110 Å². The molecular formula is C13H15N3O3. The molecule has 0 spiro atoms. The molecule has 0 radical (unpaired) electrons. The van der Waals surface area contributed by atoms with Gasteiger partial charge in [-0.2, -0.15) is 0 Å². The average Bonchev–Trinajstić information content (AvgIpc) is 2.84. The first kappa shape index (κ1) is 13.1. The maximum absolute atomic E-state index is 11.8. The van der Waals surface area contributed by atoms with Crippen molar-refractivity contribution in [1.29, 1.82) is 0 Å². The fourth-order valence-electron chi connectivity index (χ4n) is 1.87. The van der Waals surface area contributed by atoms with Crippen LogP contribution in [0.5, 0.6) is 0 Å². The summed E-state index contributed by atoms with van der Waals surface area (Å²) in [6.07, 6.45) is 1.61. The van der Waals surface area contributed by atoms with Crippen LogP contribution in [0, 0.1) is 5.92 Å². The first-order valence-electron chi connectivity index (χ1n) is 5.89. The maximum Gasteiger partial charge on any atom is 0.315 e. The van der Waals surface area contributed by atoms with Gasteiger partial charge in [0.2, 0.25) is 5.91 Å². The number of benzene rings is 1. The van der Waals surface area contributed by atoms with Crippen molar-refractivity contribution < 1.29 is 14.7 Å². The summed E-state index contributed by atoms with van der Waals surface area (Å²) in [7, 11) is 1.60. The van der Waals surface area contributed by atoms with Gasteiger partial charge >= 0.3 is 5.97 Å². The van der Waals surface area contributed by atoms with Crippen molar-refractivity contribution in [3.63, 3.8) is 0 Å². The van der Waals surface area contributed by atoms with Crippen molar-refractivity contribution in [3.8, 4) is 0 Å². The van der Waals surface area contributed by atoms with Crippen LogP contribution >= 0.6 is 0 Å². The molecule has 0 saturated heterocycles. The molecule has 1 atom stereocenters. The van der Waals surface area contributed by atoms with E-state index in [2.05, 4.69) is 9.97 Å². The summed E-state index contributed by atoms with van der Waals surface area (Å²) in [6, 6.07) is 5.63. The van der Waals surface area contributed by atoms with Crippen LogP contribution in [0.15, 0.2) is 24.5 Å². The zero-order valence-corrected chi connectivity index (χ0v) is 10.8. The van der Waals surface area contributed by atoms with Gasteiger partial charge in [0, 0.05) is 13.6 Å². The third kappa shape index (κ3) is 2.73. The van der Waals surface area contributed by atoms with Gasteiger partial charge in [-0.1, -0.05) is 6.07 Å². The van der Waals surface area contributed by atoms with E-state index in [-0.39, 0.29) is 0 Å². The molecule has 2 N–H and O–H groups in total. The Morgan fingerprint density at radius 1 is 1.47 bits per heavy atom. The molecule has 1 heterocycles. The Morgan fingerprint density at radius 3 is 2.89 bits per heavy atom. The monoisotopic (exact) mass is 261 g/mol. The zero-order valence-electron chi connectivity index (χ0n) is 10.8. The molecule has 1 amide bonds. The van der Waals surface area contributed by atoms with E-state index in [1.165, 1.54) is 11.8 Å². The van der Waals surface area contributed by atoms with E-state index in [0.717, 1.165) is 16.6 Å². The van der Waals surface area contributed by atoms with Gasteiger partial charge in [0.1, 0.15) is 5.92 Å². The van der Waals surface area contributed by atoms with E-state index in [1.54, 1.807) is 13.4 Å². The predicted molar refractivity (Wildman–Crippen MR) is 69.4 cm³/mol. The van der Waals surface area contributed by atoms with Crippen molar-refractivity contribution in [2.45, 2.75) is 13.5 Å². The minimum Gasteiger partial charge on any atom is -0.481 e. The third-order valence-corrected chi connectivity index (χ3v) is 3.02. The number of nitrogens with zero attached hydrogens (tertiary/aromatic N) is 2. The Hall–Kier alpha value is -2.37. The number of nitrogens with one attached hydrogen (secondary N) is 1. The van der Waals surface area contributed by atoms with Crippen LogP contribution in [0.4, 0.5) is 0 Å². The normalized spacial score (nSPS) is 12.3. The number of aliphatic carboxylic acids is 1. The number of carbonyl (C=O) groups excluding carboxylic acids is 1. The minimum atomic E-state index is -1.11. The number of fused-ring (bicyclic) bond motifs is 1. The van der Waals surface area contributed by atoms with Crippen molar-refractivity contribution in [2.24, 2.45) is 5.92 Å². The molecule has 0 aliphatic heterocycles. The Balaban J connectivity index is 2.11. The lowest BCUT2D eigenvalue weighted by Crippen LogP contribution is -2.34. The number of carboxylic acids is 1. The molecule has 0 fully saturated rings. The van der Waals surface area contributed by atoms with Crippen molar-refractivity contribution in [1.82, 2.24) is 14.9 Å². The lowest BCUT2D eigenvalue weighted by Gasteiger charge is -2.19. The van der Waals surface area contributed by atoms with Crippen molar-refractivity contribution in [2.75, 3.05) is 7.05 Å². The molecule has 0 saturated carbocycles. The van der Waals surface area contributed by atoms with Gasteiger partial charge in [-0.15, -0.1) is 0 Å². The number of aromatic amines is 1. The first-order valence-corrected chi connectivity index (χ1v) is 5.89. The maximum atomic E-state index is 11.8. The number of carboxylic acid groups (broad SMARTS) is 1. The summed E-state index contributed by atoms with van der Waals surface area (Å²) in [6.45, 7) is 1.75. The molecule has 1 aromatic carbocycles. The molecule has 19 heavy (non-hydrogen) atoms. The van der Waals surface area contributed by atoms with Gasteiger partial charge in [0.25, 0.3) is 0 Å². The van der Waals surface area contributed by atoms with Crippen LogP contribution in [0.3, 0.4) is 0 Å². The summed E-state index contributed by atoms with van der Waals surface area (Å²) in [5.41, 5.74) is 2.67. The molecular weight excluding hydrogens is 246 g/mol. The fraction of sp³-hybridized carbons (Fsp3) is 0.308. The molecule has 0 bridgehead atoms. The number of aromatic nitrogens is 2. The number of hydrogen-bond donors (Lipinski definition) is 2. The predicted octanol–water partition coefficient (Wildman–Crippen LogP) is 1.24. The Bertz CT molecular complexity index is 620. The molecule has 0 aliphatic carbocycles. The molecule has 1 unspecified atom stereocenters. The standard InChI is InChI=1S/C13H15N3O3/c1-8(13(18)19)12(17)16(2)6-9-3-4-10-11(5-9)15-7-14-10/h3-5,7-8H,6H2,1-2H3,(H,14,15)(H,18,19). The second-order valence-corrected chi connectivity index (χ2v) is 4.51. The quantitative estimate of drug-likeness (QED) is 0.811. The zero-order chi connectivity index (χ0) is 14.0. The van der Waals surface area contributed by atoms with Crippen LogP contribution in [-0.4, -0.2) is 38.9 Å². The summed E-state index contributed by atoms with van der Waals surface area (Å²) < 4.78 is 0. The molecule has 0 aliphatic rings. The summed E-state index contributed by atoms with van der Waals surface area (Å²) in [5.74, 6) is -2.54. The average molecular weight is 261 g/mol. The van der Waals surface area contributed by atoms with E-state index in [0.29, 0.717) is 6.54 Å². The molecule has 100 valence electrons. The molecule has 2 aromatic rings. The highest BCUT2D eigenvalue weighted by Crippen LogP contribution is 2.14. The van der Waals surface area contributed by atoms with Gasteiger partial charge in [-0.05, 0) is 24.6 Å². The summed E-state index contributed by atoms with van der Waals surface area (Å²) in [4.78, 5) is 31.1. The van der Waals surface area contributed by atoms with Gasteiger partial charge < -0.3 is 15.0 Å². The molecule has 6 heteroatoms. The highest BCUT2D eigenvalue weighted by atomic mass is 16.4. The van der Waals surface area contributed by atoms with Gasteiger partial charge in [0.05, 0.1) is 17.4 Å². The Kier molecular flexibility index (Phi) is 3.50. The molecule has 1 aromatic heterocycles. The van der Waals surface area contributed by atoms with Crippen LogP contribution in [0.25, 0.3) is 11.0 Å². The minimum absolute atomic E-state index is 0.366. The second-order valence-electron chi connectivity index (χ2n) is 4.51.